The molecule has 8 heteroatoms. The van der Waals surface area contributed by atoms with E-state index in [-0.39, 0.29) is 11.5 Å². The van der Waals surface area contributed by atoms with Crippen LogP contribution in [0, 0.1) is 0 Å². The molecule has 0 radical (unpaired) electrons. The van der Waals surface area contributed by atoms with E-state index < -0.39 is 18.0 Å². The fraction of sp³-hybridized carbons (Fsp3) is 0.176. The summed E-state index contributed by atoms with van der Waals surface area (Å²) in [6.07, 6.45) is 0.379. The lowest BCUT2D eigenvalue weighted by molar-refractivity contribution is -0.123. The van der Waals surface area contributed by atoms with E-state index in [1.54, 1.807) is 18.2 Å². The van der Waals surface area contributed by atoms with Gasteiger partial charge in [0, 0.05) is 18.8 Å². The summed E-state index contributed by atoms with van der Waals surface area (Å²) in [5.74, 6) is -1.08. The zero-order valence-corrected chi connectivity index (χ0v) is 14.3. The Kier molecular flexibility index (Phi) is 6.08. The first-order valence-electron chi connectivity index (χ1n) is 7.36. The molecule has 0 fully saturated rings. The highest BCUT2D eigenvalue weighted by Crippen LogP contribution is 2.13. The van der Waals surface area contributed by atoms with Gasteiger partial charge in [-0.1, -0.05) is 11.6 Å². The van der Waals surface area contributed by atoms with E-state index >= 15 is 0 Å². The van der Waals surface area contributed by atoms with Gasteiger partial charge in [0.15, 0.2) is 6.10 Å². The minimum atomic E-state index is -1.01. The Balaban J connectivity index is 1.93. The fourth-order valence-corrected chi connectivity index (χ4v) is 1.96. The van der Waals surface area contributed by atoms with E-state index in [0.29, 0.717) is 16.5 Å². The van der Waals surface area contributed by atoms with Crippen LogP contribution < -0.4 is 10.6 Å². The zero-order valence-electron chi connectivity index (χ0n) is 13.6. The Labute approximate surface area is 149 Å². The van der Waals surface area contributed by atoms with E-state index in [0.717, 1.165) is 0 Å². The summed E-state index contributed by atoms with van der Waals surface area (Å²) < 4.78 is 5.12. The number of rotatable bonds is 5. The molecule has 2 amide bonds. The molecular formula is C17H16ClN3O4. The molecule has 2 rings (SSSR count). The van der Waals surface area contributed by atoms with E-state index in [2.05, 4.69) is 15.6 Å². The molecule has 1 atom stereocenters. The molecule has 0 unspecified atom stereocenters. The maximum Gasteiger partial charge on any atom is 0.338 e. The first-order chi connectivity index (χ1) is 11.8. The van der Waals surface area contributed by atoms with E-state index in [9.17, 15) is 14.4 Å². The standard InChI is InChI=1S/C17H16ClN3O4/c1-10(16(23)21-15-8-5-13(18)9-19-15)25-17(24)12-3-6-14(7-4-12)20-11(2)22/h3-10H,1-2H3,(H,20,22)(H,19,21,23)/t10-/m1/s1. The highest BCUT2D eigenvalue weighted by atomic mass is 35.5. The predicted octanol–water partition coefficient (Wildman–Crippen LogP) is 2.88. The van der Waals surface area contributed by atoms with Crippen molar-refractivity contribution in [2.75, 3.05) is 10.6 Å². The average Bonchev–Trinajstić information content (AvgIpc) is 2.57. The van der Waals surface area contributed by atoms with Crippen LogP contribution in [-0.4, -0.2) is 28.9 Å². The quantitative estimate of drug-likeness (QED) is 0.798. The van der Waals surface area contributed by atoms with Gasteiger partial charge in [-0.25, -0.2) is 9.78 Å². The smallest absolute Gasteiger partial charge is 0.338 e. The number of esters is 1. The number of halogens is 1. The van der Waals surface area contributed by atoms with Crippen molar-refractivity contribution in [2.45, 2.75) is 20.0 Å². The lowest BCUT2D eigenvalue weighted by atomic mass is 10.2. The van der Waals surface area contributed by atoms with Gasteiger partial charge in [-0.3, -0.25) is 9.59 Å². The third-order valence-corrected chi connectivity index (χ3v) is 3.30. The number of benzene rings is 1. The van der Waals surface area contributed by atoms with Crippen molar-refractivity contribution in [3.8, 4) is 0 Å². The molecule has 0 aliphatic rings. The number of nitrogens with one attached hydrogen (secondary N) is 2. The van der Waals surface area contributed by atoms with Gasteiger partial charge in [0.1, 0.15) is 5.82 Å². The zero-order chi connectivity index (χ0) is 18.4. The molecule has 25 heavy (non-hydrogen) atoms. The molecule has 0 saturated heterocycles. The molecule has 0 spiro atoms. The molecular weight excluding hydrogens is 346 g/mol. The summed E-state index contributed by atoms with van der Waals surface area (Å²) in [5, 5.41) is 5.56. The van der Waals surface area contributed by atoms with E-state index in [1.165, 1.54) is 38.2 Å². The summed E-state index contributed by atoms with van der Waals surface area (Å²) in [6.45, 7) is 2.84. The van der Waals surface area contributed by atoms with Crippen LogP contribution in [0.3, 0.4) is 0 Å². The molecule has 0 bridgehead atoms. The van der Waals surface area contributed by atoms with E-state index in [4.69, 9.17) is 16.3 Å². The van der Waals surface area contributed by atoms with Crippen molar-refractivity contribution in [1.82, 2.24) is 4.98 Å². The number of pyridine rings is 1. The van der Waals surface area contributed by atoms with Gasteiger partial charge >= 0.3 is 5.97 Å². The first kappa shape index (κ1) is 18.4. The maximum atomic E-state index is 12.1. The number of anilines is 2. The van der Waals surface area contributed by atoms with Crippen LogP contribution in [-0.2, 0) is 14.3 Å². The summed E-state index contributed by atoms with van der Waals surface area (Å²) in [4.78, 5) is 39.0. The van der Waals surface area contributed by atoms with E-state index in [1.807, 2.05) is 0 Å². The monoisotopic (exact) mass is 361 g/mol. The topological polar surface area (TPSA) is 97.4 Å². The second kappa shape index (κ2) is 8.25. The van der Waals surface area contributed by atoms with Gasteiger partial charge in [0.05, 0.1) is 10.6 Å². The second-order valence-electron chi connectivity index (χ2n) is 5.16. The third kappa shape index (κ3) is 5.58. The number of carbonyl (C=O) groups is 3. The van der Waals surface area contributed by atoms with Crippen molar-refractivity contribution in [2.24, 2.45) is 0 Å². The van der Waals surface area contributed by atoms with Gasteiger partial charge in [0.25, 0.3) is 5.91 Å². The Morgan fingerprint density at radius 1 is 1.08 bits per heavy atom. The Morgan fingerprint density at radius 3 is 2.32 bits per heavy atom. The first-order valence-corrected chi connectivity index (χ1v) is 7.74. The fourth-order valence-electron chi connectivity index (χ4n) is 1.85. The van der Waals surface area contributed by atoms with Crippen LogP contribution in [0.25, 0.3) is 0 Å². The summed E-state index contributed by atoms with van der Waals surface area (Å²) in [6, 6.07) is 9.26. The largest absolute Gasteiger partial charge is 0.449 e. The van der Waals surface area contributed by atoms with Crippen LogP contribution >= 0.6 is 11.6 Å². The number of nitrogens with zero attached hydrogens (tertiary/aromatic N) is 1. The summed E-state index contributed by atoms with van der Waals surface area (Å²) in [5.41, 5.74) is 0.821. The lowest BCUT2D eigenvalue weighted by Gasteiger charge is -2.13. The van der Waals surface area contributed by atoms with Gasteiger partial charge < -0.3 is 15.4 Å². The van der Waals surface area contributed by atoms with Crippen LogP contribution in [0.5, 0.6) is 0 Å². The van der Waals surface area contributed by atoms with Gasteiger partial charge in [-0.15, -0.1) is 0 Å². The number of amides is 2. The molecule has 1 aromatic carbocycles. The van der Waals surface area contributed by atoms with Crippen LogP contribution in [0.1, 0.15) is 24.2 Å². The normalized spacial score (nSPS) is 11.3. The molecule has 7 nitrogen and oxygen atoms in total. The number of ether oxygens (including phenoxy) is 1. The molecule has 130 valence electrons. The van der Waals surface area contributed by atoms with Crippen molar-refractivity contribution in [1.29, 1.82) is 0 Å². The number of aromatic nitrogens is 1. The highest BCUT2D eigenvalue weighted by Gasteiger charge is 2.19. The number of hydrogen-bond acceptors (Lipinski definition) is 5. The maximum absolute atomic E-state index is 12.1. The molecule has 1 aromatic heterocycles. The SMILES string of the molecule is CC(=O)Nc1ccc(C(=O)O[C@H](C)C(=O)Nc2ccc(Cl)cn2)cc1. The van der Waals surface area contributed by atoms with Crippen LogP contribution in [0.15, 0.2) is 42.6 Å². The Morgan fingerprint density at radius 2 is 1.76 bits per heavy atom. The van der Waals surface area contributed by atoms with Gasteiger partial charge in [-0.05, 0) is 43.3 Å². The Hall–Kier alpha value is -2.93. The van der Waals surface area contributed by atoms with Crippen LogP contribution in [0.4, 0.5) is 11.5 Å². The van der Waals surface area contributed by atoms with Gasteiger partial charge in [-0.2, -0.15) is 0 Å². The third-order valence-electron chi connectivity index (χ3n) is 3.07. The average molecular weight is 362 g/mol. The van der Waals surface area contributed by atoms with Crippen molar-refractivity contribution >= 4 is 40.9 Å². The predicted molar refractivity (Wildman–Crippen MR) is 93.5 cm³/mol. The minimum Gasteiger partial charge on any atom is -0.449 e. The summed E-state index contributed by atoms with van der Waals surface area (Å²) in [7, 11) is 0. The second-order valence-corrected chi connectivity index (χ2v) is 5.59. The van der Waals surface area contributed by atoms with Crippen LogP contribution in [0.2, 0.25) is 5.02 Å². The highest BCUT2D eigenvalue weighted by molar-refractivity contribution is 6.30. The molecule has 0 aliphatic carbocycles. The molecule has 2 N–H and O–H groups in total. The molecule has 0 saturated carbocycles. The molecule has 0 aliphatic heterocycles. The van der Waals surface area contributed by atoms with Gasteiger partial charge in [0.2, 0.25) is 5.91 Å². The number of hydrogen-bond donors (Lipinski definition) is 2. The van der Waals surface area contributed by atoms with Crippen molar-refractivity contribution in [3.63, 3.8) is 0 Å². The van der Waals surface area contributed by atoms with Crippen molar-refractivity contribution in [3.05, 3.63) is 53.2 Å². The molecule has 2 aromatic rings. The minimum absolute atomic E-state index is 0.212. The van der Waals surface area contributed by atoms with Crippen molar-refractivity contribution < 1.29 is 19.1 Å². The Bertz CT molecular complexity index is 775. The summed E-state index contributed by atoms with van der Waals surface area (Å²) >= 11 is 5.72. The molecule has 1 heterocycles. The number of carbonyl (C=O) groups excluding carboxylic acids is 3. The lowest BCUT2D eigenvalue weighted by Crippen LogP contribution is -2.30.